The fourth-order valence-corrected chi connectivity index (χ4v) is 2.79. The maximum Gasteiger partial charge on any atom is 0.306 e. The third-order valence-corrected chi connectivity index (χ3v) is 4.37. The van der Waals surface area contributed by atoms with E-state index in [1.165, 1.54) is 20.1 Å². The number of benzene rings is 2. The van der Waals surface area contributed by atoms with Crippen molar-refractivity contribution >= 4 is 46.5 Å². The molecule has 0 unspecified atom stereocenters. The maximum atomic E-state index is 12.1. The molecule has 0 aliphatic heterocycles. The standard InChI is InChI=1S/C22H23ClN2O6/c1-14(26)15-5-3-6-17(11-15)24-21(28)13-31-22(29)8-4-7-20(27)25-18-12-16(23)9-10-19(18)30-2/h3,5-6,9-12H,4,7-8,13H2,1-2H3,(H,24,28)(H,25,27). The van der Waals surface area contributed by atoms with E-state index in [0.717, 1.165) is 0 Å². The fraction of sp³-hybridized carbons (Fsp3) is 0.273. The van der Waals surface area contributed by atoms with Crippen molar-refractivity contribution in [1.82, 2.24) is 0 Å². The van der Waals surface area contributed by atoms with Crippen LogP contribution in [0.1, 0.15) is 36.5 Å². The number of ether oxygens (including phenoxy) is 2. The lowest BCUT2D eigenvalue weighted by atomic mass is 10.1. The average Bonchev–Trinajstić information content (AvgIpc) is 2.72. The van der Waals surface area contributed by atoms with Gasteiger partial charge in [0.05, 0.1) is 12.8 Å². The Kier molecular flexibility index (Phi) is 9.02. The van der Waals surface area contributed by atoms with E-state index in [0.29, 0.717) is 27.7 Å². The van der Waals surface area contributed by atoms with Crippen LogP contribution in [0.15, 0.2) is 42.5 Å². The SMILES string of the molecule is COc1ccc(Cl)cc1NC(=O)CCCC(=O)OCC(=O)Nc1cccc(C(C)=O)c1. The number of amides is 2. The molecule has 0 aliphatic carbocycles. The zero-order chi connectivity index (χ0) is 22.8. The molecular weight excluding hydrogens is 424 g/mol. The second kappa shape index (κ2) is 11.7. The van der Waals surface area contributed by atoms with E-state index in [9.17, 15) is 19.2 Å². The van der Waals surface area contributed by atoms with E-state index in [2.05, 4.69) is 10.6 Å². The molecule has 2 N–H and O–H groups in total. The molecule has 2 aromatic rings. The zero-order valence-electron chi connectivity index (χ0n) is 17.2. The first-order valence-electron chi connectivity index (χ1n) is 9.48. The Morgan fingerprint density at radius 2 is 1.74 bits per heavy atom. The lowest BCUT2D eigenvalue weighted by molar-refractivity contribution is -0.147. The van der Waals surface area contributed by atoms with Crippen LogP contribution in [0.5, 0.6) is 5.75 Å². The number of hydrogen-bond acceptors (Lipinski definition) is 6. The van der Waals surface area contributed by atoms with Crippen LogP contribution in [0, 0.1) is 0 Å². The van der Waals surface area contributed by atoms with E-state index in [4.69, 9.17) is 21.1 Å². The van der Waals surface area contributed by atoms with Crippen molar-refractivity contribution in [3.05, 3.63) is 53.1 Å². The minimum Gasteiger partial charge on any atom is -0.495 e. The van der Waals surface area contributed by atoms with Crippen LogP contribution in [-0.2, 0) is 19.1 Å². The van der Waals surface area contributed by atoms with Gasteiger partial charge in [-0.15, -0.1) is 0 Å². The van der Waals surface area contributed by atoms with E-state index < -0.39 is 18.5 Å². The molecule has 2 amide bonds. The van der Waals surface area contributed by atoms with Gasteiger partial charge < -0.3 is 20.1 Å². The van der Waals surface area contributed by atoms with Crippen molar-refractivity contribution in [3.63, 3.8) is 0 Å². The topological polar surface area (TPSA) is 111 Å². The first-order chi connectivity index (χ1) is 14.8. The highest BCUT2D eigenvalue weighted by Gasteiger charge is 2.12. The van der Waals surface area contributed by atoms with Gasteiger partial charge in [0, 0.05) is 29.1 Å². The lowest BCUT2D eigenvalue weighted by Gasteiger charge is -2.10. The van der Waals surface area contributed by atoms with E-state index in [1.807, 2.05) is 0 Å². The van der Waals surface area contributed by atoms with Crippen LogP contribution in [0.2, 0.25) is 5.02 Å². The molecule has 0 aliphatic rings. The van der Waals surface area contributed by atoms with Crippen LogP contribution in [0.3, 0.4) is 0 Å². The van der Waals surface area contributed by atoms with Crippen LogP contribution < -0.4 is 15.4 Å². The molecule has 8 nitrogen and oxygen atoms in total. The van der Waals surface area contributed by atoms with Gasteiger partial charge in [0.15, 0.2) is 12.4 Å². The van der Waals surface area contributed by atoms with Gasteiger partial charge in [-0.1, -0.05) is 23.7 Å². The Bertz CT molecular complexity index is 976. The van der Waals surface area contributed by atoms with Gasteiger partial charge in [0.2, 0.25) is 5.91 Å². The van der Waals surface area contributed by atoms with Gasteiger partial charge in [0.25, 0.3) is 5.91 Å². The average molecular weight is 447 g/mol. The third kappa shape index (κ3) is 8.10. The second-order valence-electron chi connectivity index (χ2n) is 6.59. The van der Waals surface area contributed by atoms with Crippen molar-refractivity contribution in [2.75, 3.05) is 24.4 Å². The Hall–Kier alpha value is -3.39. The number of halogens is 1. The monoisotopic (exact) mass is 446 g/mol. The van der Waals surface area contributed by atoms with E-state index in [1.54, 1.807) is 36.4 Å². The predicted octanol–water partition coefficient (Wildman–Crippen LogP) is 3.84. The molecule has 9 heteroatoms. The number of methoxy groups -OCH3 is 1. The Labute approximate surface area is 184 Å². The van der Waals surface area contributed by atoms with E-state index in [-0.39, 0.29) is 31.0 Å². The van der Waals surface area contributed by atoms with Crippen molar-refractivity contribution in [1.29, 1.82) is 0 Å². The molecular formula is C22H23ClN2O6. The number of hydrogen-bond donors (Lipinski definition) is 2. The summed E-state index contributed by atoms with van der Waals surface area (Å²) in [6.45, 7) is 0.962. The summed E-state index contributed by atoms with van der Waals surface area (Å²) < 4.78 is 10.1. The summed E-state index contributed by atoms with van der Waals surface area (Å²) in [5.41, 5.74) is 1.33. The van der Waals surface area contributed by atoms with Gasteiger partial charge in [-0.2, -0.15) is 0 Å². The molecule has 2 rings (SSSR count). The molecule has 0 saturated carbocycles. The van der Waals surface area contributed by atoms with Crippen LogP contribution in [0.4, 0.5) is 11.4 Å². The molecule has 0 spiro atoms. The summed E-state index contributed by atoms with van der Waals surface area (Å²) >= 11 is 5.92. The minimum absolute atomic E-state index is 0.0206. The number of carbonyl (C=O) groups is 4. The largest absolute Gasteiger partial charge is 0.495 e. The molecule has 0 heterocycles. The molecule has 31 heavy (non-hydrogen) atoms. The molecule has 0 aromatic heterocycles. The highest BCUT2D eigenvalue weighted by Crippen LogP contribution is 2.27. The summed E-state index contributed by atoms with van der Waals surface area (Å²) in [4.78, 5) is 47.2. The molecule has 0 atom stereocenters. The number of rotatable bonds is 10. The van der Waals surface area contributed by atoms with Crippen LogP contribution in [0.25, 0.3) is 0 Å². The molecule has 0 fully saturated rings. The molecule has 0 bridgehead atoms. The molecule has 164 valence electrons. The van der Waals surface area contributed by atoms with Crippen LogP contribution in [-0.4, -0.2) is 37.3 Å². The number of Topliss-reactive ketones (excluding diaryl/α,β-unsaturated/α-hetero) is 1. The summed E-state index contributed by atoms with van der Waals surface area (Å²) in [6, 6.07) is 11.3. The smallest absolute Gasteiger partial charge is 0.306 e. The minimum atomic E-state index is -0.597. The van der Waals surface area contributed by atoms with Gasteiger partial charge in [-0.3, -0.25) is 19.2 Å². The summed E-state index contributed by atoms with van der Waals surface area (Å²) in [6.07, 6.45) is 0.303. The van der Waals surface area contributed by atoms with Crippen LogP contribution >= 0.6 is 11.6 Å². The van der Waals surface area contributed by atoms with Crippen molar-refractivity contribution in [2.24, 2.45) is 0 Å². The summed E-state index contributed by atoms with van der Waals surface area (Å²) in [7, 11) is 1.48. The normalized spacial score (nSPS) is 10.2. The van der Waals surface area contributed by atoms with Crippen molar-refractivity contribution in [2.45, 2.75) is 26.2 Å². The molecule has 0 saturated heterocycles. The maximum absolute atomic E-state index is 12.1. The van der Waals surface area contributed by atoms with Gasteiger partial charge in [-0.05, 0) is 43.7 Å². The van der Waals surface area contributed by atoms with E-state index >= 15 is 0 Å². The second-order valence-corrected chi connectivity index (χ2v) is 7.03. The fourth-order valence-electron chi connectivity index (χ4n) is 2.62. The zero-order valence-corrected chi connectivity index (χ0v) is 18.0. The quantitative estimate of drug-likeness (QED) is 0.423. The highest BCUT2D eigenvalue weighted by atomic mass is 35.5. The van der Waals surface area contributed by atoms with Crippen molar-refractivity contribution in [3.8, 4) is 5.75 Å². The summed E-state index contributed by atoms with van der Waals surface area (Å²) in [5.74, 6) is -1.09. The first-order valence-corrected chi connectivity index (χ1v) is 9.86. The van der Waals surface area contributed by atoms with Crippen molar-refractivity contribution < 1.29 is 28.7 Å². The highest BCUT2D eigenvalue weighted by molar-refractivity contribution is 6.31. The molecule has 0 radical (unpaired) electrons. The predicted molar refractivity (Wildman–Crippen MR) is 117 cm³/mol. The van der Waals surface area contributed by atoms with Gasteiger partial charge >= 0.3 is 5.97 Å². The number of anilines is 2. The number of esters is 1. The Balaban J connectivity index is 1.70. The molecule has 2 aromatic carbocycles. The van der Waals surface area contributed by atoms with Gasteiger partial charge in [0.1, 0.15) is 5.75 Å². The number of carbonyl (C=O) groups excluding carboxylic acids is 4. The Morgan fingerprint density at radius 3 is 2.45 bits per heavy atom. The third-order valence-electron chi connectivity index (χ3n) is 4.14. The lowest BCUT2D eigenvalue weighted by Crippen LogP contribution is -2.21. The summed E-state index contributed by atoms with van der Waals surface area (Å²) in [5, 5.41) is 5.68. The number of nitrogens with one attached hydrogen (secondary N) is 2. The first kappa shape index (κ1) is 23.9. The van der Waals surface area contributed by atoms with Gasteiger partial charge in [-0.25, -0.2) is 0 Å². The number of ketones is 1. The Morgan fingerprint density at radius 1 is 0.968 bits per heavy atom.